The molecule has 5 N–H and O–H groups in total. The van der Waals surface area contributed by atoms with Crippen molar-refractivity contribution in [2.45, 2.75) is 5.16 Å². The number of rotatable bonds is 7. The molecule has 0 aliphatic heterocycles. The molecule has 1 heterocycles. The van der Waals surface area contributed by atoms with Gasteiger partial charge in [-0.05, 0) is 18.2 Å². The highest BCUT2D eigenvalue weighted by Gasteiger charge is 2.05. The van der Waals surface area contributed by atoms with Gasteiger partial charge in [-0.2, -0.15) is 10.1 Å². The molecule has 1 aromatic carbocycles. The van der Waals surface area contributed by atoms with Crippen LogP contribution in [0.5, 0.6) is 11.5 Å². The second-order valence-corrected chi connectivity index (χ2v) is 4.96. The number of carbonyl (C=O) groups excluding carboxylic acids is 1. The highest BCUT2D eigenvalue weighted by molar-refractivity contribution is 7.99. The zero-order chi connectivity index (χ0) is 15.9. The van der Waals surface area contributed by atoms with Crippen molar-refractivity contribution in [1.29, 1.82) is 0 Å². The number of aromatic hydroxyl groups is 1. The molecule has 10 heteroatoms. The Bertz CT molecular complexity index is 687. The third-order valence-corrected chi connectivity index (χ3v) is 3.29. The maximum atomic E-state index is 10.7. The lowest BCUT2D eigenvalue weighted by molar-refractivity contribution is -0.115. The fourth-order valence-corrected chi connectivity index (χ4v) is 1.96. The first kappa shape index (κ1) is 15.6. The summed E-state index contributed by atoms with van der Waals surface area (Å²) in [4.78, 5) is 14.7. The van der Waals surface area contributed by atoms with E-state index in [1.54, 1.807) is 12.1 Å². The second-order valence-electron chi connectivity index (χ2n) is 4.02. The lowest BCUT2D eigenvalue weighted by atomic mass is 10.2. The highest BCUT2D eigenvalue weighted by Crippen LogP contribution is 2.21. The first-order chi connectivity index (χ1) is 10.6. The number of amides is 1. The molecule has 0 radical (unpaired) electrons. The maximum absolute atomic E-state index is 10.7. The van der Waals surface area contributed by atoms with E-state index in [1.165, 1.54) is 19.4 Å². The summed E-state index contributed by atoms with van der Waals surface area (Å²) in [6.07, 6.45) is 1.41. The zero-order valence-corrected chi connectivity index (χ0v) is 12.4. The fourth-order valence-electron chi connectivity index (χ4n) is 1.42. The Balaban J connectivity index is 1.96. The predicted molar refractivity (Wildman–Crippen MR) is 82.2 cm³/mol. The van der Waals surface area contributed by atoms with Gasteiger partial charge in [-0.25, -0.2) is 10.5 Å². The zero-order valence-electron chi connectivity index (χ0n) is 11.6. The number of H-pyrrole nitrogens is 1. The van der Waals surface area contributed by atoms with Gasteiger partial charge >= 0.3 is 0 Å². The molecule has 2 aromatic rings. The molecule has 116 valence electrons. The van der Waals surface area contributed by atoms with Gasteiger partial charge in [0.1, 0.15) is 11.5 Å². The van der Waals surface area contributed by atoms with E-state index in [9.17, 15) is 9.90 Å². The van der Waals surface area contributed by atoms with E-state index < -0.39 is 5.91 Å². The molecule has 1 amide bonds. The first-order valence-corrected chi connectivity index (χ1v) is 7.06. The van der Waals surface area contributed by atoms with Crippen LogP contribution in [0, 0.1) is 0 Å². The van der Waals surface area contributed by atoms with Gasteiger partial charge in [-0.15, -0.1) is 5.10 Å². The van der Waals surface area contributed by atoms with Crippen molar-refractivity contribution in [3.05, 3.63) is 23.8 Å². The molecular weight excluding hydrogens is 308 g/mol. The number of primary amides is 1. The molecule has 0 bridgehead atoms. The summed E-state index contributed by atoms with van der Waals surface area (Å²) >= 11 is 1.11. The summed E-state index contributed by atoms with van der Waals surface area (Å²) in [5.41, 5.74) is 8.14. The van der Waals surface area contributed by atoms with Gasteiger partial charge in [-0.1, -0.05) is 11.8 Å². The molecule has 0 atom stereocenters. The monoisotopic (exact) mass is 322 g/mol. The number of carbonyl (C=O) groups is 1. The van der Waals surface area contributed by atoms with Crippen molar-refractivity contribution >= 4 is 29.8 Å². The minimum absolute atomic E-state index is 0.0709. The summed E-state index contributed by atoms with van der Waals surface area (Å²) in [5.74, 6) is 0.616. The molecule has 9 nitrogen and oxygen atoms in total. The molecule has 2 rings (SSSR count). The van der Waals surface area contributed by atoms with Crippen LogP contribution in [0.2, 0.25) is 0 Å². The first-order valence-electron chi connectivity index (χ1n) is 6.08. The van der Waals surface area contributed by atoms with Crippen LogP contribution in [0.15, 0.2) is 28.5 Å². The molecule has 0 aliphatic rings. The van der Waals surface area contributed by atoms with Gasteiger partial charge in [0.25, 0.3) is 0 Å². The van der Waals surface area contributed by atoms with Crippen molar-refractivity contribution in [3.63, 3.8) is 0 Å². The average molecular weight is 322 g/mol. The number of ether oxygens (including phenoxy) is 1. The van der Waals surface area contributed by atoms with Gasteiger partial charge in [-0.3, -0.25) is 4.79 Å². The minimum atomic E-state index is -0.448. The Kier molecular flexibility index (Phi) is 5.20. The van der Waals surface area contributed by atoms with Gasteiger partial charge in [0.15, 0.2) is 0 Å². The molecule has 0 unspecified atom stereocenters. The summed E-state index contributed by atoms with van der Waals surface area (Å²) in [6.45, 7) is 0. The number of benzene rings is 1. The molecule has 0 fully saturated rings. The van der Waals surface area contributed by atoms with Gasteiger partial charge in [0.05, 0.1) is 19.1 Å². The summed E-state index contributed by atoms with van der Waals surface area (Å²) in [5, 5.41) is 20.5. The Morgan fingerprint density at radius 1 is 1.64 bits per heavy atom. The van der Waals surface area contributed by atoms with Crippen LogP contribution in [0.1, 0.15) is 5.56 Å². The third-order valence-electron chi connectivity index (χ3n) is 2.42. The smallest absolute Gasteiger partial charge is 0.240 e. The number of methoxy groups -OCH3 is 1. The van der Waals surface area contributed by atoms with Gasteiger partial charge < -0.3 is 15.6 Å². The largest absolute Gasteiger partial charge is 0.507 e. The van der Waals surface area contributed by atoms with E-state index in [2.05, 4.69) is 25.7 Å². The number of nitrogens with zero attached hydrogens (tertiary/aromatic N) is 3. The SMILES string of the molecule is COc1ccc(O)c(/C=N/Nc2nc(SCC(N)=O)n[nH]2)c1. The topological polar surface area (TPSA) is 139 Å². The van der Waals surface area contributed by atoms with Crippen LogP contribution < -0.4 is 15.9 Å². The number of hydrazone groups is 1. The Morgan fingerprint density at radius 2 is 2.45 bits per heavy atom. The number of phenolic OH excluding ortho intramolecular Hbond substituents is 1. The molecule has 0 spiro atoms. The molecule has 22 heavy (non-hydrogen) atoms. The van der Waals surface area contributed by atoms with E-state index in [0.717, 1.165) is 11.8 Å². The number of hydrogen-bond donors (Lipinski definition) is 4. The van der Waals surface area contributed by atoms with Crippen molar-refractivity contribution < 1.29 is 14.6 Å². The number of phenols is 1. The number of hydrogen-bond acceptors (Lipinski definition) is 8. The van der Waals surface area contributed by atoms with Crippen LogP contribution >= 0.6 is 11.8 Å². The molecule has 1 aromatic heterocycles. The molecule has 0 aliphatic carbocycles. The van der Waals surface area contributed by atoms with E-state index in [-0.39, 0.29) is 11.5 Å². The minimum Gasteiger partial charge on any atom is -0.507 e. The summed E-state index contributed by atoms with van der Waals surface area (Å²) in [7, 11) is 1.53. The number of nitrogens with one attached hydrogen (secondary N) is 2. The van der Waals surface area contributed by atoms with Crippen molar-refractivity contribution in [1.82, 2.24) is 15.2 Å². The lowest BCUT2D eigenvalue weighted by Gasteiger charge is -2.02. The Labute approximate surface area is 130 Å². The van der Waals surface area contributed by atoms with Crippen LogP contribution in [0.25, 0.3) is 0 Å². The van der Waals surface area contributed by atoms with Crippen LogP contribution in [-0.2, 0) is 4.79 Å². The number of nitrogens with two attached hydrogens (primary N) is 1. The van der Waals surface area contributed by atoms with E-state index in [4.69, 9.17) is 10.5 Å². The van der Waals surface area contributed by atoms with E-state index in [1.807, 2.05) is 0 Å². The average Bonchev–Trinajstić information content (AvgIpc) is 2.95. The molecular formula is C12H14N6O3S. The van der Waals surface area contributed by atoms with Crippen molar-refractivity contribution in [3.8, 4) is 11.5 Å². The van der Waals surface area contributed by atoms with Crippen molar-refractivity contribution in [2.24, 2.45) is 10.8 Å². The maximum Gasteiger partial charge on any atom is 0.240 e. The Morgan fingerprint density at radius 3 is 3.18 bits per heavy atom. The second kappa shape index (κ2) is 7.31. The fraction of sp³-hybridized carbons (Fsp3) is 0.167. The lowest BCUT2D eigenvalue weighted by Crippen LogP contribution is -2.13. The number of aromatic nitrogens is 3. The van der Waals surface area contributed by atoms with Crippen LogP contribution in [0.4, 0.5) is 5.95 Å². The predicted octanol–water partition coefficient (Wildman–Crippen LogP) is 0.542. The van der Waals surface area contributed by atoms with Gasteiger partial charge in [0, 0.05) is 5.56 Å². The van der Waals surface area contributed by atoms with E-state index >= 15 is 0 Å². The summed E-state index contributed by atoms with van der Waals surface area (Å²) < 4.78 is 5.06. The third kappa shape index (κ3) is 4.38. The van der Waals surface area contributed by atoms with E-state index in [0.29, 0.717) is 22.4 Å². The van der Waals surface area contributed by atoms with Crippen LogP contribution in [-0.4, -0.2) is 45.3 Å². The van der Waals surface area contributed by atoms with Gasteiger partial charge in [0.2, 0.25) is 17.0 Å². The number of anilines is 1. The highest BCUT2D eigenvalue weighted by atomic mass is 32.2. The number of thioether (sulfide) groups is 1. The molecule has 0 saturated heterocycles. The van der Waals surface area contributed by atoms with Crippen LogP contribution in [0.3, 0.4) is 0 Å². The Hall–Kier alpha value is -2.75. The van der Waals surface area contributed by atoms with Crippen molar-refractivity contribution in [2.75, 3.05) is 18.3 Å². The normalized spacial score (nSPS) is 10.8. The standard InChI is InChI=1S/C12H14N6O3S/c1-21-8-2-3-9(19)7(4-8)5-14-16-11-15-12(18-17-11)22-6-10(13)20/h2-5,19H,6H2,1H3,(H2,13,20)(H2,15,16,17,18)/b14-5+. The quantitative estimate of drug-likeness (QED) is 0.331. The number of aromatic amines is 1. The molecule has 0 saturated carbocycles. The summed E-state index contributed by atoms with van der Waals surface area (Å²) in [6, 6.07) is 4.78.